The molecule has 6 nitrogen and oxygen atoms in total. The number of hydrogen-bond donors (Lipinski definition) is 2. The number of carbonyl (C=O) groups excluding carboxylic acids is 1. The number of halogens is 1. The van der Waals surface area contributed by atoms with Gasteiger partial charge in [0.1, 0.15) is 12.7 Å². The lowest BCUT2D eigenvalue weighted by atomic mass is 10.0. The summed E-state index contributed by atoms with van der Waals surface area (Å²) in [5.74, 6) is 0.633. The maximum absolute atomic E-state index is 11.2. The van der Waals surface area contributed by atoms with Crippen molar-refractivity contribution < 1.29 is 19.4 Å². The fourth-order valence-electron chi connectivity index (χ4n) is 3.37. The molecule has 2 aromatic rings. The zero-order valence-electron chi connectivity index (χ0n) is 14.1. The van der Waals surface area contributed by atoms with E-state index in [-0.39, 0.29) is 17.9 Å². The van der Waals surface area contributed by atoms with Gasteiger partial charge < -0.3 is 19.9 Å². The minimum atomic E-state index is -0.373. The number of phenolic OH excluding ortho intramolecular Hbond substituents is 1. The lowest BCUT2D eigenvalue weighted by molar-refractivity contribution is 0.103. The Morgan fingerprint density at radius 1 is 1.27 bits per heavy atom. The molecule has 0 bridgehead atoms. The number of rotatable bonds is 3. The van der Waals surface area contributed by atoms with E-state index in [9.17, 15) is 9.90 Å². The molecule has 0 aromatic heterocycles. The number of ether oxygens (including phenoxy) is 2. The molecule has 1 fully saturated rings. The molecule has 1 unspecified atom stereocenters. The van der Waals surface area contributed by atoms with Crippen LogP contribution in [0.25, 0.3) is 11.1 Å². The molecule has 2 aliphatic heterocycles. The second-order valence-electron chi connectivity index (χ2n) is 6.49. The molecule has 0 saturated carbocycles. The van der Waals surface area contributed by atoms with Crippen molar-refractivity contribution in [1.82, 2.24) is 10.2 Å². The lowest BCUT2D eigenvalue weighted by Gasteiger charge is -2.22. The van der Waals surface area contributed by atoms with Gasteiger partial charge in [0, 0.05) is 30.2 Å². The van der Waals surface area contributed by atoms with Gasteiger partial charge in [-0.1, -0.05) is 23.7 Å². The smallest absolute Gasteiger partial charge is 0.407 e. The SMILES string of the molecule is O=C1NCC(CN2CCOc3c(O)cc(-c4cccc(Cl)c4)cc3C2)O1. The quantitative estimate of drug-likeness (QED) is 0.864. The van der Waals surface area contributed by atoms with Gasteiger partial charge in [0.05, 0.1) is 6.54 Å². The fourth-order valence-corrected chi connectivity index (χ4v) is 3.56. The Hall–Kier alpha value is -2.44. The Balaban J connectivity index is 1.60. The second-order valence-corrected chi connectivity index (χ2v) is 6.92. The highest BCUT2D eigenvalue weighted by Crippen LogP contribution is 2.38. The van der Waals surface area contributed by atoms with Crippen LogP contribution in [0, 0.1) is 0 Å². The molecular formula is C19H19ClN2O4. The minimum Gasteiger partial charge on any atom is -0.504 e. The van der Waals surface area contributed by atoms with Crippen molar-refractivity contribution in [1.29, 1.82) is 0 Å². The molecule has 1 saturated heterocycles. The van der Waals surface area contributed by atoms with Crippen molar-refractivity contribution in [2.24, 2.45) is 0 Å². The molecule has 136 valence electrons. The number of phenols is 1. The summed E-state index contributed by atoms with van der Waals surface area (Å²) < 4.78 is 11.0. The zero-order chi connectivity index (χ0) is 18.1. The molecule has 7 heteroatoms. The largest absolute Gasteiger partial charge is 0.504 e. The molecule has 1 atom stereocenters. The van der Waals surface area contributed by atoms with E-state index in [4.69, 9.17) is 21.1 Å². The summed E-state index contributed by atoms with van der Waals surface area (Å²) in [5.41, 5.74) is 2.71. The highest BCUT2D eigenvalue weighted by Gasteiger charge is 2.27. The first-order valence-electron chi connectivity index (χ1n) is 8.50. The van der Waals surface area contributed by atoms with E-state index in [1.165, 1.54) is 0 Å². The lowest BCUT2D eigenvalue weighted by Crippen LogP contribution is -2.35. The third kappa shape index (κ3) is 3.57. The van der Waals surface area contributed by atoms with Crippen LogP contribution in [0.3, 0.4) is 0 Å². The number of alkyl carbamates (subject to hydrolysis) is 1. The van der Waals surface area contributed by atoms with Gasteiger partial charge in [0.2, 0.25) is 0 Å². The van der Waals surface area contributed by atoms with Crippen LogP contribution >= 0.6 is 11.6 Å². The van der Waals surface area contributed by atoms with E-state index in [1.807, 2.05) is 30.3 Å². The van der Waals surface area contributed by atoms with Gasteiger partial charge >= 0.3 is 6.09 Å². The van der Waals surface area contributed by atoms with Crippen LogP contribution < -0.4 is 10.1 Å². The Morgan fingerprint density at radius 3 is 2.92 bits per heavy atom. The summed E-state index contributed by atoms with van der Waals surface area (Å²) in [6, 6.07) is 11.2. The third-order valence-electron chi connectivity index (χ3n) is 4.56. The summed E-state index contributed by atoms with van der Waals surface area (Å²) in [6.45, 7) is 2.88. The predicted octanol–water partition coefficient (Wildman–Crippen LogP) is 3.02. The van der Waals surface area contributed by atoms with Crippen LogP contribution in [0.4, 0.5) is 4.79 Å². The van der Waals surface area contributed by atoms with E-state index in [0.29, 0.717) is 43.6 Å². The standard InChI is InChI=1S/C19H19ClN2O4/c20-15-3-1-2-12(7-15)13-6-14-10-22(11-16-9-21-19(24)26-16)4-5-25-18(14)17(23)8-13/h1-3,6-8,16,23H,4-5,9-11H2,(H,21,24). The van der Waals surface area contributed by atoms with Gasteiger partial charge in [-0.05, 0) is 35.4 Å². The molecule has 2 aromatic carbocycles. The Bertz CT molecular complexity index is 842. The topological polar surface area (TPSA) is 71.0 Å². The van der Waals surface area contributed by atoms with Crippen molar-refractivity contribution >= 4 is 17.7 Å². The summed E-state index contributed by atoms with van der Waals surface area (Å²) in [5, 5.41) is 13.8. The Labute approximate surface area is 156 Å². The fraction of sp³-hybridized carbons (Fsp3) is 0.316. The zero-order valence-corrected chi connectivity index (χ0v) is 14.8. The van der Waals surface area contributed by atoms with Crippen molar-refractivity contribution in [2.45, 2.75) is 12.6 Å². The van der Waals surface area contributed by atoms with Crippen LogP contribution in [0.5, 0.6) is 11.5 Å². The van der Waals surface area contributed by atoms with Gasteiger partial charge in [0.15, 0.2) is 11.5 Å². The molecular weight excluding hydrogens is 356 g/mol. The van der Waals surface area contributed by atoms with E-state index < -0.39 is 0 Å². The van der Waals surface area contributed by atoms with Gasteiger partial charge in [-0.3, -0.25) is 4.90 Å². The van der Waals surface area contributed by atoms with Gasteiger partial charge in [0.25, 0.3) is 0 Å². The number of hydrogen-bond acceptors (Lipinski definition) is 5. The highest BCUT2D eigenvalue weighted by molar-refractivity contribution is 6.30. The molecule has 2 N–H and O–H groups in total. The summed E-state index contributed by atoms with van der Waals surface area (Å²) >= 11 is 6.09. The van der Waals surface area contributed by atoms with E-state index in [1.54, 1.807) is 6.07 Å². The second kappa shape index (κ2) is 7.05. The van der Waals surface area contributed by atoms with E-state index in [0.717, 1.165) is 16.7 Å². The molecule has 0 aliphatic carbocycles. The normalized spacial score (nSPS) is 19.9. The molecule has 2 heterocycles. The van der Waals surface area contributed by atoms with E-state index in [2.05, 4.69) is 10.2 Å². The van der Waals surface area contributed by atoms with Gasteiger partial charge in [-0.25, -0.2) is 4.79 Å². The van der Waals surface area contributed by atoms with E-state index >= 15 is 0 Å². The highest BCUT2D eigenvalue weighted by atomic mass is 35.5. The maximum Gasteiger partial charge on any atom is 0.407 e. The number of cyclic esters (lactones) is 1. The average Bonchev–Trinajstić information content (AvgIpc) is 2.89. The average molecular weight is 375 g/mol. The molecule has 1 amide bonds. The first-order valence-corrected chi connectivity index (χ1v) is 8.88. The van der Waals surface area contributed by atoms with Crippen LogP contribution in [-0.2, 0) is 11.3 Å². The van der Waals surface area contributed by atoms with Gasteiger partial charge in [-0.15, -0.1) is 0 Å². The molecule has 0 spiro atoms. The summed E-state index contributed by atoms with van der Waals surface area (Å²) in [6.07, 6.45) is -0.545. The number of nitrogens with zero attached hydrogens (tertiary/aromatic N) is 1. The van der Waals surface area contributed by atoms with Crippen LogP contribution in [0.2, 0.25) is 5.02 Å². The summed E-state index contributed by atoms with van der Waals surface area (Å²) in [7, 11) is 0. The first-order chi connectivity index (χ1) is 12.6. The van der Waals surface area contributed by atoms with Crippen molar-refractivity contribution in [3.8, 4) is 22.6 Å². The number of nitrogens with one attached hydrogen (secondary N) is 1. The minimum absolute atomic E-state index is 0.119. The van der Waals surface area contributed by atoms with Crippen molar-refractivity contribution in [3.05, 3.63) is 47.0 Å². The molecule has 26 heavy (non-hydrogen) atoms. The summed E-state index contributed by atoms with van der Waals surface area (Å²) in [4.78, 5) is 13.4. The number of fused-ring (bicyclic) bond motifs is 1. The number of carbonyl (C=O) groups is 1. The Morgan fingerprint density at radius 2 is 2.15 bits per heavy atom. The number of aromatic hydroxyl groups is 1. The number of benzene rings is 2. The first kappa shape index (κ1) is 17.0. The predicted molar refractivity (Wildman–Crippen MR) is 97.6 cm³/mol. The molecule has 2 aliphatic rings. The monoisotopic (exact) mass is 374 g/mol. The number of amides is 1. The van der Waals surface area contributed by atoms with Crippen molar-refractivity contribution in [3.63, 3.8) is 0 Å². The van der Waals surface area contributed by atoms with Crippen LogP contribution in [0.1, 0.15) is 5.56 Å². The molecule has 4 rings (SSSR count). The Kier molecular flexibility index (Phi) is 4.61. The maximum atomic E-state index is 11.2. The van der Waals surface area contributed by atoms with Crippen LogP contribution in [-0.4, -0.2) is 48.4 Å². The molecule has 0 radical (unpaired) electrons. The third-order valence-corrected chi connectivity index (χ3v) is 4.80. The van der Waals surface area contributed by atoms with Gasteiger partial charge in [-0.2, -0.15) is 0 Å². The van der Waals surface area contributed by atoms with Crippen molar-refractivity contribution in [2.75, 3.05) is 26.2 Å². The van der Waals surface area contributed by atoms with Crippen LogP contribution in [0.15, 0.2) is 36.4 Å².